The number of rotatable bonds is 1. The number of hydrogen-bond donors (Lipinski definition) is 5. The Morgan fingerprint density at radius 3 is 1.50 bits per heavy atom. The second kappa shape index (κ2) is 10.4. The molecule has 5 N–H and O–H groups in total. The first-order chi connectivity index (χ1) is 12.3. The summed E-state index contributed by atoms with van der Waals surface area (Å²) in [5.41, 5.74) is 0.690. The maximum absolute atomic E-state index is 8.99. The van der Waals surface area contributed by atoms with Gasteiger partial charge in [-0.2, -0.15) is 0 Å². The standard InChI is InChI=1S/2C7H8O2.C6H6O2/c1-5-4-6(8)2-3-7(5)9;1-9-7-5-3-2-4-6(7)8;7-5-1-2-6(8)4-3-5/h2-4,8-9H,1H3;2-5,8H,1H3;1-4,7-8H. The van der Waals surface area contributed by atoms with Crippen molar-refractivity contribution in [2.75, 3.05) is 7.11 Å². The molecule has 0 fully saturated rings. The van der Waals surface area contributed by atoms with Crippen molar-refractivity contribution in [1.29, 1.82) is 0 Å². The van der Waals surface area contributed by atoms with Gasteiger partial charge in [0.2, 0.25) is 0 Å². The summed E-state index contributed by atoms with van der Waals surface area (Å²) >= 11 is 0. The van der Waals surface area contributed by atoms with Crippen LogP contribution in [0.3, 0.4) is 0 Å². The van der Waals surface area contributed by atoms with Gasteiger partial charge in [0.05, 0.1) is 7.11 Å². The average Bonchev–Trinajstić information content (AvgIpc) is 2.62. The van der Waals surface area contributed by atoms with Crippen molar-refractivity contribution >= 4 is 0 Å². The number of phenols is 5. The third-order valence-electron chi connectivity index (χ3n) is 3.12. The molecule has 6 nitrogen and oxygen atoms in total. The fourth-order valence-corrected chi connectivity index (χ4v) is 1.72. The summed E-state index contributed by atoms with van der Waals surface area (Å²) in [5, 5.41) is 44.0. The molecule has 3 aromatic carbocycles. The molecule has 6 heteroatoms. The minimum atomic E-state index is 0.169. The van der Waals surface area contributed by atoms with Crippen LogP contribution < -0.4 is 4.74 Å². The Hall–Kier alpha value is -3.54. The minimum Gasteiger partial charge on any atom is -0.508 e. The number of methoxy groups -OCH3 is 1. The molecular formula is C20H22O6. The summed E-state index contributed by atoms with van der Waals surface area (Å²) in [6.45, 7) is 1.73. The van der Waals surface area contributed by atoms with Gasteiger partial charge in [0.15, 0.2) is 11.5 Å². The van der Waals surface area contributed by atoms with Crippen LogP contribution in [0.2, 0.25) is 0 Å². The van der Waals surface area contributed by atoms with Gasteiger partial charge in [-0.05, 0) is 67.1 Å². The first-order valence-corrected chi connectivity index (χ1v) is 7.62. The van der Waals surface area contributed by atoms with Crippen molar-refractivity contribution in [2.45, 2.75) is 6.92 Å². The molecule has 0 atom stereocenters. The van der Waals surface area contributed by atoms with E-state index in [2.05, 4.69) is 0 Å². The Morgan fingerprint density at radius 2 is 1.12 bits per heavy atom. The quantitative estimate of drug-likeness (QED) is 0.422. The average molecular weight is 358 g/mol. The van der Waals surface area contributed by atoms with Crippen LogP contribution in [0.5, 0.6) is 34.5 Å². The maximum Gasteiger partial charge on any atom is 0.160 e. The monoisotopic (exact) mass is 358 g/mol. The molecule has 0 saturated carbocycles. The van der Waals surface area contributed by atoms with Crippen molar-refractivity contribution < 1.29 is 30.3 Å². The molecule has 0 radical (unpaired) electrons. The molecule has 0 saturated heterocycles. The van der Waals surface area contributed by atoms with E-state index in [4.69, 9.17) is 30.3 Å². The van der Waals surface area contributed by atoms with Crippen molar-refractivity contribution in [3.63, 3.8) is 0 Å². The SMILES string of the molecule is COc1ccccc1O.Cc1cc(O)ccc1O.Oc1ccc(O)cc1. The minimum absolute atomic E-state index is 0.169. The van der Waals surface area contributed by atoms with Gasteiger partial charge in [-0.15, -0.1) is 0 Å². The summed E-state index contributed by atoms with van der Waals surface area (Å²) in [7, 11) is 1.52. The zero-order valence-corrected chi connectivity index (χ0v) is 14.5. The van der Waals surface area contributed by atoms with E-state index in [1.165, 1.54) is 49.6 Å². The number of benzene rings is 3. The number of hydrogen-bond acceptors (Lipinski definition) is 6. The van der Waals surface area contributed by atoms with Crippen molar-refractivity contribution in [2.24, 2.45) is 0 Å². The van der Waals surface area contributed by atoms with E-state index < -0.39 is 0 Å². The van der Waals surface area contributed by atoms with Crippen LogP contribution in [0, 0.1) is 6.92 Å². The van der Waals surface area contributed by atoms with Gasteiger partial charge in [0.25, 0.3) is 0 Å². The van der Waals surface area contributed by atoms with Crippen molar-refractivity contribution in [3.05, 3.63) is 72.3 Å². The van der Waals surface area contributed by atoms with Gasteiger partial charge in [-0.25, -0.2) is 0 Å². The summed E-state index contributed by atoms with van der Waals surface area (Å²) in [6, 6.07) is 17.0. The summed E-state index contributed by atoms with van der Waals surface area (Å²) < 4.78 is 4.79. The molecule has 3 rings (SSSR count). The van der Waals surface area contributed by atoms with Crippen LogP contribution >= 0.6 is 0 Å². The Balaban J connectivity index is 0.000000195. The maximum atomic E-state index is 8.99. The Kier molecular flexibility index (Phi) is 8.16. The number of ether oxygens (including phenoxy) is 1. The smallest absolute Gasteiger partial charge is 0.160 e. The van der Waals surface area contributed by atoms with E-state index in [9.17, 15) is 0 Å². The number of aryl methyl sites for hydroxylation is 1. The lowest BCUT2D eigenvalue weighted by Gasteiger charge is -1.99. The third kappa shape index (κ3) is 7.35. The Labute approximate surface area is 151 Å². The van der Waals surface area contributed by atoms with E-state index in [1.54, 1.807) is 31.2 Å². The fourth-order valence-electron chi connectivity index (χ4n) is 1.72. The zero-order chi connectivity index (χ0) is 19.5. The lowest BCUT2D eigenvalue weighted by molar-refractivity contribution is 0.373. The molecule has 0 unspecified atom stereocenters. The molecule has 138 valence electrons. The second-order valence-electron chi connectivity index (χ2n) is 5.16. The molecule has 0 aliphatic carbocycles. The molecule has 0 heterocycles. The molecule has 0 aliphatic rings. The lowest BCUT2D eigenvalue weighted by Crippen LogP contribution is -1.80. The number of phenolic OH excluding ortho intramolecular Hbond substituents is 5. The molecular weight excluding hydrogens is 336 g/mol. The molecule has 0 bridgehead atoms. The van der Waals surface area contributed by atoms with E-state index in [-0.39, 0.29) is 28.7 Å². The van der Waals surface area contributed by atoms with Gasteiger partial charge >= 0.3 is 0 Å². The van der Waals surface area contributed by atoms with Gasteiger partial charge in [-0.1, -0.05) is 12.1 Å². The molecule has 3 aromatic rings. The van der Waals surface area contributed by atoms with Crippen LogP contribution in [0.15, 0.2) is 66.7 Å². The van der Waals surface area contributed by atoms with E-state index >= 15 is 0 Å². The largest absolute Gasteiger partial charge is 0.508 e. The molecule has 0 spiro atoms. The van der Waals surface area contributed by atoms with Crippen molar-refractivity contribution in [1.82, 2.24) is 0 Å². The third-order valence-corrected chi connectivity index (χ3v) is 3.12. The molecule has 0 amide bonds. The van der Waals surface area contributed by atoms with Gasteiger partial charge < -0.3 is 30.3 Å². The van der Waals surface area contributed by atoms with E-state index in [0.717, 1.165) is 0 Å². The van der Waals surface area contributed by atoms with Gasteiger partial charge in [-0.3, -0.25) is 0 Å². The summed E-state index contributed by atoms with van der Waals surface area (Å²) in [5.74, 6) is 1.43. The van der Waals surface area contributed by atoms with Crippen LogP contribution in [-0.2, 0) is 0 Å². The van der Waals surface area contributed by atoms with Crippen molar-refractivity contribution in [3.8, 4) is 34.5 Å². The molecule has 0 aromatic heterocycles. The summed E-state index contributed by atoms with van der Waals surface area (Å²) in [4.78, 5) is 0. The van der Waals surface area contributed by atoms with Gasteiger partial charge in [0.1, 0.15) is 23.0 Å². The fraction of sp³-hybridized carbons (Fsp3) is 0.100. The predicted molar refractivity (Wildman–Crippen MR) is 98.9 cm³/mol. The number of para-hydroxylation sites is 2. The predicted octanol–water partition coefficient (Wildman–Crippen LogP) is 3.90. The topological polar surface area (TPSA) is 110 Å². The van der Waals surface area contributed by atoms with Crippen LogP contribution in [0.1, 0.15) is 5.56 Å². The van der Waals surface area contributed by atoms with Crippen LogP contribution in [0.4, 0.5) is 0 Å². The molecule has 0 aliphatic heterocycles. The highest BCUT2D eigenvalue weighted by Gasteiger charge is 1.94. The first kappa shape index (κ1) is 20.5. The Bertz CT molecular complexity index is 779. The van der Waals surface area contributed by atoms with Gasteiger partial charge in [0, 0.05) is 0 Å². The lowest BCUT2D eigenvalue weighted by atomic mass is 10.2. The normalized spacial score (nSPS) is 9.15. The molecule has 26 heavy (non-hydrogen) atoms. The van der Waals surface area contributed by atoms with Crippen LogP contribution in [-0.4, -0.2) is 32.6 Å². The second-order valence-corrected chi connectivity index (χ2v) is 5.16. The highest BCUT2D eigenvalue weighted by molar-refractivity contribution is 5.38. The zero-order valence-electron chi connectivity index (χ0n) is 14.5. The highest BCUT2D eigenvalue weighted by Crippen LogP contribution is 2.23. The summed E-state index contributed by atoms with van der Waals surface area (Å²) in [6.07, 6.45) is 0. The Morgan fingerprint density at radius 1 is 0.615 bits per heavy atom. The highest BCUT2D eigenvalue weighted by atomic mass is 16.5. The van der Waals surface area contributed by atoms with E-state index in [1.807, 2.05) is 0 Å². The number of aromatic hydroxyl groups is 5. The van der Waals surface area contributed by atoms with E-state index in [0.29, 0.717) is 11.3 Å². The first-order valence-electron chi connectivity index (χ1n) is 7.62. The van der Waals surface area contributed by atoms with Crippen LogP contribution in [0.25, 0.3) is 0 Å².